The van der Waals surface area contributed by atoms with E-state index in [0.29, 0.717) is 18.2 Å². The summed E-state index contributed by atoms with van der Waals surface area (Å²) >= 11 is 0. The molecule has 2 saturated heterocycles. The highest BCUT2D eigenvalue weighted by atomic mass is 16.5. The maximum Gasteiger partial charge on any atom is 0.306 e. The van der Waals surface area contributed by atoms with Gasteiger partial charge in [0.1, 0.15) is 0 Å². The van der Waals surface area contributed by atoms with Crippen LogP contribution in [0.5, 0.6) is 0 Å². The first-order chi connectivity index (χ1) is 8.06. The van der Waals surface area contributed by atoms with E-state index in [4.69, 9.17) is 9.84 Å². The molecule has 2 rings (SSSR count). The predicted molar refractivity (Wildman–Crippen MR) is 65.0 cm³/mol. The summed E-state index contributed by atoms with van der Waals surface area (Å²) in [4.78, 5) is 13.4. The average Bonchev–Trinajstić information content (AvgIpc) is 2.28. The second kappa shape index (κ2) is 5.36. The second-order valence-corrected chi connectivity index (χ2v) is 5.53. The van der Waals surface area contributed by atoms with Gasteiger partial charge in [-0.05, 0) is 52.6 Å². The van der Waals surface area contributed by atoms with Gasteiger partial charge in [-0.15, -0.1) is 0 Å². The molecule has 0 bridgehead atoms. The van der Waals surface area contributed by atoms with Gasteiger partial charge in [0, 0.05) is 6.04 Å². The fourth-order valence-electron chi connectivity index (χ4n) is 3.18. The Morgan fingerprint density at radius 2 is 1.71 bits per heavy atom. The summed E-state index contributed by atoms with van der Waals surface area (Å²) in [6.07, 6.45) is 4.44. The molecule has 1 N–H and O–H groups in total. The molecule has 0 aromatic rings. The van der Waals surface area contributed by atoms with Gasteiger partial charge in [-0.25, -0.2) is 0 Å². The van der Waals surface area contributed by atoms with Crippen molar-refractivity contribution >= 4 is 5.97 Å². The lowest BCUT2D eigenvalue weighted by Crippen LogP contribution is -2.48. The lowest BCUT2D eigenvalue weighted by Gasteiger charge is -2.42. The molecule has 0 aliphatic carbocycles. The summed E-state index contributed by atoms with van der Waals surface area (Å²) in [6, 6.07) is 0.587. The maximum absolute atomic E-state index is 10.9. The molecule has 2 atom stereocenters. The molecule has 0 aromatic carbocycles. The SMILES string of the molecule is CC1CC(N2CCC(C(=O)O)CC2)CC(C)O1. The molecular weight excluding hydrogens is 218 g/mol. The standard InChI is InChI=1S/C13H23NO3/c1-9-7-12(8-10(2)17-9)14-5-3-11(4-6-14)13(15)16/h9-12H,3-8H2,1-2H3,(H,15,16). The van der Waals surface area contributed by atoms with Crippen LogP contribution in [0.4, 0.5) is 0 Å². The first kappa shape index (κ1) is 12.8. The molecule has 4 heteroatoms. The van der Waals surface area contributed by atoms with Crippen molar-refractivity contribution in [2.24, 2.45) is 5.92 Å². The quantitative estimate of drug-likeness (QED) is 0.800. The number of hydrogen-bond donors (Lipinski definition) is 1. The minimum Gasteiger partial charge on any atom is -0.481 e. The van der Waals surface area contributed by atoms with Gasteiger partial charge < -0.3 is 14.7 Å². The summed E-state index contributed by atoms with van der Waals surface area (Å²) in [6.45, 7) is 6.13. The van der Waals surface area contributed by atoms with Crippen molar-refractivity contribution in [2.75, 3.05) is 13.1 Å². The zero-order valence-electron chi connectivity index (χ0n) is 10.8. The van der Waals surface area contributed by atoms with Crippen LogP contribution < -0.4 is 0 Å². The molecule has 0 spiro atoms. The lowest BCUT2D eigenvalue weighted by atomic mass is 9.92. The zero-order valence-corrected chi connectivity index (χ0v) is 10.8. The van der Waals surface area contributed by atoms with Crippen molar-refractivity contribution in [1.82, 2.24) is 4.90 Å². The van der Waals surface area contributed by atoms with Crippen molar-refractivity contribution in [3.8, 4) is 0 Å². The van der Waals surface area contributed by atoms with Crippen LogP contribution in [0.15, 0.2) is 0 Å². The summed E-state index contributed by atoms with van der Waals surface area (Å²) in [7, 11) is 0. The number of carboxylic acid groups (broad SMARTS) is 1. The van der Waals surface area contributed by atoms with Crippen LogP contribution >= 0.6 is 0 Å². The van der Waals surface area contributed by atoms with E-state index in [1.54, 1.807) is 0 Å². The first-order valence-electron chi connectivity index (χ1n) is 6.68. The van der Waals surface area contributed by atoms with Gasteiger partial charge in [-0.2, -0.15) is 0 Å². The van der Waals surface area contributed by atoms with Gasteiger partial charge in [0.2, 0.25) is 0 Å². The van der Waals surface area contributed by atoms with Gasteiger partial charge in [0.05, 0.1) is 18.1 Å². The van der Waals surface area contributed by atoms with E-state index in [-0.39, 0.29) is 5.92 Å². The van der Waals surface area contributed by atoms with Crippen molar-refractivity contribution in [1.29, 1.82) is 0 Å². The van der Waals surface area contributed by atoms with E-state index >= 15 is 0 Å². The number of carboxylic acids is 1. The Kier molecular flexibility index (Phi) is 4.05. The normalized spacial score (nSPS) is 36.9. The van der Waals surface area contributed by atoms with E-state index in [2.05, 4.69) is 18.7 Å². The van der Waals surface area contributed by atoms with Gasteiger partial charge in [0.25, 0.3) is 0 Å². The van der Waals surface area contributed by atoms with Gasteiger partial charge in [0.15, 0.2) is 0 Å². The smallest absolute Gasteiger partial charge is 0.306 e. The maximum atomic E-state index is 10.9. The number of hydrogen-bond acceptors (Lipinski definition) is 3. The minimum atomic E-state index is -0.627. The molecule has 2 heterocycles. The molecule has 2 aliphatic heterocycles. The van der Waals surface area contributed by atoms with Crippen LogP contribution in [0, 0.1) is 5.92 Å². The molecule has 0 saturated carbocycles. The van der Waals surface area contributed by atoms with Crippen LogP contribution in [-0.2, 0) is 9.53 Å². The number of rotatable bonds is 2. The molecule has 17 heavy (non-hydrogen) atoms. The number of carbonyl (C=O) groups is 1. The Morgan fingerprint density at radius 3 is 2.18 bits per heavy atom. The Hall–Kier alpha value is -0.610. The minimum absolute atomic E-state index is 0.124. The molecule has 0 aromatic heterocycles. The average molecular weight is 241 g/mol. The summed E-state index contributed by atoms with van der Waals surface area (Å²) < 4.78 is 5.75. The third-order valence-corrected chi connectivity index (χ3v) is 4.07. The van der Waals surface area contributed by atoms with E-state index in [1.807, 2.05) is 0 Å². The fourth-order valence-corrected chi connectivity index (χ4v) is 3.18. The Balaban J connectivity index is 1.85. The predicted octanol–water partition coefficient (Wildman–Crippen LogP) is 1.74. The molecule has 98 valence electrons. The number of piperidine rings is 1. The first-order valence-corrected chi connectivity index (χ1v) is 6.68. The topological polar surface area (TPSA) is 49.8 Å². The highest BCUT2D eigenvalue weighted by Gasteiger charge is 2.32. The molecule has 4 nitrogen and oxygen atoms in total. The summed E-state index contributed by atoms with van der Waals surface area (Å²) in [5.41, 5.74) is 0. The van der Waals surface area contributed by atoms with Gasteiger partial charge in [-0.1, -0.05) is 0 Å². The van der Waals surface area contributed by atoms with Crippen molar-refractivity contribution < 1.29 is 14.6 Å². The van der Waals surface area contributed by atoms with Crippen molar-refractivity contribution in [3.63, 3.8) is 0 Å². The molecule has 0 amide bonds. The third-order valence-electron chi connectivity index (χ3n) is 4.07. The van der Waals surface area contributed by atoms with Crippen molar-refractivity contribution in [2.45, 2.75) is 57.8 Å². The largest absolute Gasteiger partial charge is 0.481 e. The molecule has 2 aliphatic rings. The molecule has 0 radical (unpaired) electrons. The number of ether oxygens (including phenoxy) is 1. The van der Waals surface area contributed by atoms with Gasteiger partial charge in [-0.3, -0.25) is 4.79 Å². The van der Waals surface area contributed by atoms with E-state index < -0.39 is 5.97 Å². The third kappa shape index (κ3) is 3.19. The van der Waals surface area contributed by atoms with Crippen molar-refractivity contribution in [3.05, 3.63) is 0 Å². The molecule has 2 unspecified atom stereocenters. The summed E-state index contributed by atoms with van der Waals surface area (Å²) in [5.74, 6) is -0.751. The molecular formula is C13H23NO3. The highest BCUT2D eigenvalue weighted by molar-refractivity contribution is 5.70. The summed E-state index contributed by atoms with van der Waals surface area (Å²) in [5, 5.41) is 8.98. The van der Waals surface area contributed by atoms with Crippen LogP contribution in [0.25, 0.3) is 0 Å². The van der Waals surface area contributed by atoms with E-state index in [0.717, 1.165) is 38.8 Å². The van der Waals surface area contributed by atoms with Crippen LogP contribution in [0.1, 0.15) is 39.5 Å². The Morgan fingerprint density at radius 1 is 1.18 bits per heavy atom. The zero-order chi connectivity index (χ0) is 12.4. The fraction of sp³-hybridized carbons (Fsp3) is 0.923. The molecule has 2 fully saturated rings. The van der Waals surface area contributed by atoms with Crippen LogP contribution in [0.3, 0.4) is 0 Å². The Bertz CT molecular complexity index is 264. The van der Waals surface area contributed by atoms with E-state index in [9.17, 15) is 4.79 Å². The number of nitrogens with zero attached hydrogens (tertiary/aromatic N) is 1. The number of likely N-dealkylation sites (tertiary alicyclic amines) is 1. The second-order valence-electron chi connectivity index (χ2n) is 5.53. The van der Waals surface area contributed by atoms with Crippen LogP contribution in [-0.4, -0.2) is 47.3 Å². The van der Waals surface area contributed by atoms with Gasteiger partial charge >= 0.3 is 5.97 Å². The Labute approximate surface area is 103 Å². The van der Waals surface area contributed by atoms with E-state index in [1.165, 1.54) is 0 Å². The highest BCUT2D eigenvalue weighted by Crippen LogP contribution is 2.27. The monoisotopic (exact) mass is 241 g/mol. The lowest BCUT2D eigenvalue weighted by molar-refractivity contribution is -0.144. The van der Waals surface area contributed by atoms with Crippen LogP contribution in [0.2, 0.25) is 0 Å². The number of aliphatic carboxylic acids is 1.